The number of halogens is 1. The van der Waals surface area contributed by atoms with Crippen LogP contribution in [0, 0.1) is 12.3 Å². The summed E-state index contributed by atoms with van der Waals surface area (Å²) in [6, 6.07) is 14.2. The van der Waals surface area contributed by atoms with Crippen LogP contribution >= 0.6 is 15.9 Å². The summed E-state index contributed by atoms with van der Waals surface area (Å²) < 4.78 is 0.992. The molecule has 21 heavy (non-hydrogen) atoms. The Balaban J connectivity index is 2.43. The maximum absolute atomic E-state index is 12.2. The van der Waals surface area contributed by atoms with E-state index in [1.165, 1.54) is 5.56 Å². The predicted octanol–water partition coefficient (Wildman–Crippen LogP) is 5.41. The van der Waals surface area contributed by atoms with Crippen LogP contribution in [-0.4, -0.2) is 5.91 Å². The first kappa shape index (κ1) is 15.8. The summed E-state index contributed by atoms with van der Waals surface area (Å²) in [4.78, 5) is 12.2. The van der Waals surface area contributed by atoms with Crippen molar-refractivity contribution < 1.29 is 4.79 Å². The molecule has 0 fully saturated rings. The van der Waals surface area contributed by atoms with Crippen molar-refractivity contribution >= 4 is 27.5 Å². The smallest absolute Gasteiger partial charge is 0.229 e. The molecule has 110 valence electrons. The van der Waals surface area contributed by atoms with Crippen molar-refractivity contribution in [2.75, 3.05) is 5.32 Å². The van der Waals surface area contributed by atoms with Gasteiger partial charge < -0.3 is 5.32 Å². The number of aryl methyl sites for hydroxylation is 1. The number of carbonyl (C=O) groups is 1. The van der Waals surface area contributed by atoms with E-state index in [4.69, 9.17) is 0 Å². The standard InChI is InChI=1S/C18H20BrNO/c1-12-5-7-13(8-6-12)15-11-14(19)9-10-16(15)20-17(21)18(2,3)4/h5-11H,1-4H3,(H,20,21). The van der Waals surface area contributed by atoms with E-state index in [1.807, 2.05) is 39.0 Å². The van der Waals surface area contributed by atoms with E-state index in [0.717, 1.165) is 21.3 Å². The number of benzene rings is 2. The van der Waals surface area contributed by atoms with Crippen LogP contribution in [0.15, 0.2) is 46.9 Å². The van der Waals surface area contributed by atoms with Gasteiger partial charge in [0.15, 0.2) is 0 Å². The molecule has 0 saturated heterocycles. The van der Waals surface area contributed by atoms with Gasteiger partial charge in [0, 0.05) is 21.1 Å². The van der Waals surface area contributed by atoms with E-state index in [1.54, 1.807) is 0 Å². The van der Waals surface area contributed by atoms with Crippen molar-refractivity contribution in [1.29, 1.82) is 0 Å². The third-order valence-electron chi connectivity index (χ3n) is 3.27. The highest BCUT2D eigenvalue weighted by Crippen LogP contribution is 2.32. The van der Waals surface area contributed by atoms with E-state index in [0.29, 0.717) is 0 Å². The Morgan fingerprint density at radius 3 is 2.24 bits per heavy atom. The number of carbonyl (C=O) groups excluding carboxylic acids is 1. The molecule has 0 aliphatic heterocycles. The normalized spacial score (nSPS) is 11.3. The molecule has 0 atom stereocenters. The van der Waals surface area contributed by atoms with Gasteiger partial charge in [-0.05, 0) is 30.7 Å². The molecule has 0 aliphatic rings. The maximum Gasteiger partial charge on any atom is 0.229 e. The van der Waals surface area contributed by atoms with E-state index in [-0.39, 0.29) is 5.91 Å². The second-order valence-electron chi connectivity index (χ2n) is 6.26. The highest BCUT2D eigenvalue weighted by molar-refractivity contribution is 9.10. The van der Waals surface area contributed by atoms with Crippen LogP contribution in [0.25, 0.3) is 11.1 Å². The molecule has 2 aromatic carbocycles. The third kappa shape index (κ3) is 3.94. The van der Waals surface area contributed by atoms with Gasteiger partial charge in [-0.3, -0.25) is 4.79 Å². The topological polar surface area (TPSA) is 29.1 Å². The van der Waals surface area contributed by atoms with Crippen molar-refractivity contribution in [3.63, 3.8) is 0 Å². The van der Waals surface area contributed by atoms with Gasteiger partial charge in [0.1, 0.15) is 0 Å². The summed E-state index contributed by atoms with van der Waals surface area (Å²) >= 11 is 3.50. The van der Waals surface area contributed by atoms with Crippen LogP contribution < -0.4 is 5.32 Å². The molecule has 0 aromatic heterocycles. The second kappa shape index (κ2) is 6.02. The molecular weight excluding hydrogens is 326 g/mol. The van der Waals surface area contributed by atoms with Crippen molar-refractivity contribution in [2.24, 2.45) is 5.41 Å². The van der Waals surface area contributed by atoms with Crippen LogP contribution in [0.4, 0.5) is 5.69 Å². The van der Waals surface area contributed by atoms with Crippen LogP contribution in [0.2, 0.25) is 0 Å². The lowest BCUT2D eigenvalue weighted by Gasteiger charge is -2.19. The zero-order chi connectivity index (χ0) is 15.6. The molecule has 0 unspecified atom stereocenters. The lowest BCUT2D eigenvalue weighted by Crippen LogP contribution is -2.27. The SMILES string of the molecule is Cc1ccc(-c2cc(Br)ccc2NC(=O)C(C)(C)C)cc1. The Morgan fingerprint density at radius 2 is 1.67 bits per heavy atom. The lowest BCUT2D eigenvalue weighted by molar-refractivity contribution is -0.123. The van der Waals surface area contributed by atoms with Crippen molar-refractivity contribution in [1.82, 2.24) is 0 Å². The molecular formula is C18H20BrNO. The van der Waals surface area contributed by atoms with Gasteiger partial charge in [-0.1, -0.05) is 66.5 Å². The van der Waals surface area contributed by atoms with Gasteiger partial charge in [0.2, 0.25) is 5.91 Å². The fourth-order valence-corrected chi connectivity index (χ4v) is 2.27. The Bertz CT molecular complexity index is 654. The highest BCUT2D eigenvalue weighted by Gasteiger charge is 2.22. The Labute approximate surface area is 134 Å². The minimum Gasteiger partial charge on any atom is -0.325 e. The van der Waals surface area contributed by atoms with E-state index in [2.05, 4.69) is 52.4 Å². The average Bonchev–Trinajstić information content (AvgIpc) is 2.40. The fraction of sp³-hybridized carbons (Fsp3) is 0.278. The average molecular weight is 346 g/mol. The molecule has 0 aliphatic carbocycles. The van der Waals surface area contributed by atoms with Gasteiger partial charge >= 0.3 is 0 Å². The van der Waals surface area contributed by atoms with Gasteiger partial charge in [-0.2, -0.15) is 0 Å². The number of anilines is 1. The Hall–Kier alpha value is -1.61. The molecule has 2 rings (SSSR count). The van der Waals surface area contributed by atoms with Gasteiger partial charge in [0.25, 0.3) is 0 Å². The molecule has 3 heteroatoms. The molecule has 0 heterocycles. The first-order chi connectivity index (χ1) is 9.77. The predicted molar refractivity (Wildman–Crippen MR) is 92.4 cm³/mol. The molecule has 0 bridgehead atoms. The molecule has 2 aromatic rings. The van der Waals surface area contributed by atoms with E-state index >= 15 is 0 Å². The summed E-state index contributed by atoms with van der Waals surface area (Å²) in [6.07, 6.45) is 0. The van der Waals surface area contributed by atoms with Gasteiger partial charge in [-0.15, -0.1) is 0 Å². The third-order valence-corrected chi connectivity index (χ3v) is 3.77. The summed E-state index contributed by atoms with van der Waals surface area (Å²) in [5.74, 6) is 0.0122. The molecule has 0 spiro atoms. The summed E-state index contributed by atoms with van der Waals surface area (Å²) in [7, 11) is 0. The van der Waals surface area contributed by atoms with Crippen LogP contribution in [0.3, 0.4) is 0 Å². The number of hydrogen-bond donors (Lipinski definition) is 1. The van der Waals surface area contributed by atoms with Crippen molar-refractivity contribution in [2.45, 2.75) is 27.7 Å². The number of amides is 1. The van der Waals surface area contributed by atoms with E-state index in [9.17, 15) is 4.79 Å². The fourth-order valence-electron chi connectivity index (χ4n) is 1.91. The van der Waals surface area contributed by atoms with Crippen molar-refractivity contribution in [3.05, 3.63) is 52.5 Å². The Morgan fingerprint density at radius 1 is 1.05 bits per heavy atom. The zero-order valence-electron chi connectivity index (χ0n) is 12.8. The monoisotopic (exact) mass is 345 g/mol. The van der Waals surface area contributed by atoms with E-state index < -0.39 is 5.41 Å². The summed E-state index contributed by atoms with van der Waals surface area (Å²) in [5.41, 5.74) is 3.74. The largest absolute Gasteiger partial charge is 0.325 e. The van der Waals surface area contributed by atoms with Crippen LogP contribution in [-0.2, 0) is 4.79 Å². The quantitative estimate of drug-likeness (QED) is 0.774. The first-order valence-electron chi connectivity index (χ1n) is 6.95. The first-order valence-corrected chi connectivity index (χ1v) is 7.75. The molecule has 1 N–H and O–H groups in total. The lowest BCUT2D eigenvalue weighted by atomic mass is 9.95. The Kier molecular flexibility index (Phi) is 4.52. The summed E-state index contributed by atoms with van der Waals surface area (Å²) in [6.45, 7) is 7.79. The summed E-state index contributed by atoms with van der Waals surface area (Å²) in [5, 5.41) is 3.03. The number of hydrogen-bond acceptors (Lipinski definition) is 1. The number of nitrogens with one attached hydrogen (secondary N) is 1. The van der Waals surface area contributed by atoms with Gasteiger partial charge in [-0.25, -0.2) is 0 Å². The van der Waals surface area contributed by atoms with Crippen LogP contribution in [0.5, 0.6) is 0 Å². The number of rotatable bonds is 2. The second-order valence-corrected chi connectivity index (χ2v) is 7.18. The molecule has 0 radical (unpaired) electrons. The highest BCUT2D eigenvalue weighted by atomic mass is 79.9. The maximum atomic E-state index is 12.2. The molecule has 1 amide bonds. The van der Waals surface area contributed by atoms with Crippen LogP contribution in [0.1, 0.15) is 26.3 Å². The minimum atomic E-state index is -0.419. The van der Waals surface area contributed by atoms with Crippen molar-refractivity contribution in [3.8, 4) is 11.1 Å². The van der Waals surface area contributed by atoms with Gasteiger partial charge in [0.05, 0.1) is 0 Å². The molecule has 2 nitrogen and oxygen atoms in total. The zero-order valence-corrected chi connectivity index (χ0v) is 14.4. The minimum absolute atomic E-state index is 0.0122. The molecule has 0 saturated carbocycles.